The third kappa shape index (κ3) is 3.61. The molecule has 2 aliphatic rings. The molecule has 2 fully saturated rings. The number of aromatic nitrogens is 5. The van der Waals surface area contributed by atoms with Crippen LogP contribution in [0.3, 0.4) is 0 Å². The number of rotatable bonds is 6. The molecule has 10 nitrogen and oxygen atoms in total. The van der Waals surface area contributed by atoms with Gasteiger partial charge in [0.15, 0.2) is 5.65 Å². The number of carbonyl (C=O) groups is 1. The molecular formula is C25H29FN8O2. The third-order valence-electron chi connectivity index (χ3n) is 7.43. The molecule has 1 aliphatic heterocycles. The number of hydrogen-bond donors (Lipinski definition) is 2. The van der Waals surface area contributed by atoms with E-state index < -0.39 is 6.17 Å². The van der Waals surface area contributed by atoms with Gasteiger partial charge in [-0.15, -0.1) is 0 Å². The number of ether oxygens (including phenoxy) is 1. The molecule has 4 aromatic heterocycles. The Bertz CT molecular complexity index is 1450. The number of carbonyl (C=O) groups excluding carboxylic acids is 1. The van der Waals surface area contributed by atoms with E-state index in [0.29, 0.717) is 41.5 Å². The SMILES string of the molecule is CNc1cc(-c2cn([C@H]3CN(C)C[C@@H]3F)c3ncccc23)nc2c(C(=O)NC3CC[C@@H]3OC)cnn12. The molecule has 4 aromatic rings. The molecule has 188 valence electrons. The fourth-order valence-electron chi connectivity index (χ4n) is 5.33. The van der Waals surface area contributed by atoms with Crippen LogP contribution >= 0.6 is 0 Å². The van der Waals surface area contributed by atoms with Crippen LogP contribution in [0.1, 0.15) is 29.2 Å². The van der Waals surface area contributed by atoms with E-state index in [0.717, 1.165) is 23.8 Å². The topological polar surface area (TPSA) is 102 Å². The lowest BCUT2D eigenvalue weighted by Crippen LogP contribution is -2.51. The summed E-state index contributed by atoms with van der Waals surface area (Å²) >= 11 is 0. The van der Waals surface area contributed by atoms with E-state index in [9.17, 15) is 9.18 Å². The van der Waals surface area contributed by atoms with Gasteiger partial charge < -0.3 is 24.8 Å². The zero-order chi connectivity index (χ0) is 25.0. The highest BCUT2D eigenvalue weighted by atomic mass is 19.1. The number of nitrogens with zero attached hydrogens (tertiary/aromatic N) is 6. The van der Waals surface area contributed by atoms with Crippen molar-refractivity contribution in [2.45, 2.75) is 37.2 Å². The first-order chi connectivity index (χ1) is 17.5. The fourth-order valence-corrected chi connectivity index (χ4v) is 5.33. The summed E-state index contributed by atoms with van der Waals surface area (Å²) in [7, 11) is 5.38. The van der Waals surface area contributed by atoms with E-state index in [-0.39, 0.29) is 24.1 Å². The summed E-state index contributed by atoms with van der Waals surface area (Å²) in [6.07, 6.45) is 6.03. The van der Waals surface area contributed by atoms with E-state index in [4.69, 9.17) is 9.72 Å². The molecule has 0 bridgehead atoms. The van der Waals surface area contributed by atoms with Gasteiger partial charge in [0.25, 0.3) is 5.91 Å². The standard InChI is InChI=1S/C25H29FN8O2/c1-27-22-9-19(30-24-15(10-29-34(22)24)25(35)31-18-6-7-21(18)36-3)16-11-33(20-13-32(2)12-17(20)26)23-14(16)5-4-8-28-23/h4-5,8-11,17-18,20-21,27H,6-7,12-13H2,1-3H3,(H,31,35)/t17-,18?,20-,21-/m0/s1. The summed E-state index contributed by atoms with van der Waals surface area (Å²) in [5, 5.41) is 11.5. The van der Waals surface area contributed by atoms with Crippen molar-refractivity contribution in [3.63, 3.8) is 0 Å². The van der Waals surface area contributed by atoms with Gasteiger partial charge >= 0.3 is 0 Å². The summed E-state index contributed by atoms with van der Waals surface area (Å²) in [5.41, 5.74) is 3.02. The Balaban J connectivity index is 1.45. The van der Waals surface area contributed by atoms with Gasteiger partial charge in [0.1, 0.15) is 23.2 Å². The fraction of sp³-hybridized carbons (Fsp3) is 0.440. The van der Waals surface area contributed by atoms with E-state index in [1.54, 1.807) is 24.9 Å². The van der Waals surface area contributed by atoms with E-state index >= 15 is 0 Å². The lowest BCUT2D eigenvalue weighted by molar-refractivity contribution is 0.00732. The molecule has 1 saturated heterocycles. The number of hydrogen-bond acceptors (Lipinski definition) is 7. The Hall–Kier alpha value is -3.57. The molecule has 36 heavy (non-hydrogen) atoms. The summed E-state index contributed by atoms with van der Waals surface area (Å²) in [6, 6.07) is 5.36. The molecule has 1 saturated carbocycles. The second-order valence-corrected chi connectivity index (χ2v) is 9.63. The summed E-state index contributed by atoms with van der Waals surface area (Å²) in [5.74, 6) is 0.447. The monoisotopic (exact) mass is 492 g/mol. The number of likely N-dealkylation sites (N-methyl/N-ethyl adjacent to an activating group) is 1. The molecule has 0 radical (unpaired) electrons. The summed E-state index contributed by atoms with van der Waals surface area (Å²) < 4.78 is 23.9. The zero-order valence-electron chi connectivity index (χ0n) is 20.5. The second-order valence-electron chi connectivity index (χ2n) is 9.63. The molecule has 6 rings (SSSR count). The summed E-state index contributed by atoms with van der Waals surface area (Å²) in [4.78, 5) is 24.6. The van der Waals surface area contributed by atoms with Gasteiger partial charge in [-0.1, -0.05) is 0 Å². The van der Waals surface area contributed by atoms with Crippen LogP contribution < -0.4 is 10.6 Å². The van der Waals surface area contributed by atoms with Crippen molar-refractivity contribution in [2.75, 3.05) is 39.6 Å². The number of anilines is 1. The van der Waals surface area contributed by atoms with Crippen LogP contribution in [0.4, 0.5) is 10.2 Å². The lowest BCUT2D eigenvalue weighted by Gasteiger charge is -2.35. The van der Waals surface area contributed by atoms with Crippen molar-refractivity contribution in [1.29, 1.82) is 0 Å². The van der Waals surface area contributed by atoms with Gasteiger partial charge in [-0.2, -0.15) is 9.61 Å². The average Bonchev–Trinajstić information content (AvgIpc) is 3.55. The average molecular weight is 493 g/mol. The van der Waals surface area contributed by atoms with Gasteiger partial charge in [0.2, 0.25) is 0 Å². The van der Waals surface area contributed by atoms with Gasteiger partial charge in [-0.25, -0.2) is 14.4 Å². The van der Waals surface area contributed by atoms with Crippen molar-refractivity contribution in [2.24, 2.45) is 0 Å². The Morgan fingerprint density at radius 3 is 2.81 bits per heavy atom. The lowest BCUT2D eigenvalue weighted by atomic mass is 9.89. The Labute approximate surface area is 207 Å². The number of alkyl halides is 1. The number of pyridine rings is 1. The maximum Gasteiger partial charge on any atom is 0.257 e. The minimum Gasteiger partial charge on any atom is -0.379 e. The van der Waals surface area contributed by atoms with Crippen LogP contribution in [0.5, 0.6) is 0 Å². The van der Waals surface area contributed by atoms with Crippen molar-refractivity contribution < 1.29 is 13.9 Å². The van der Waals surface area contributed by atoms with Crippen molar-refractivity contribution >= 4 is 28.4 Å². The number of fused-ring (bicyclic) bond motifs is 2. The van der Waals surface area contributed by atoms with Crippen LogP contribution in [-0.2, 0) is 4.74 Å². The zero-order valence-corrected chi connectivity index (χ0v) is 20.5. The molecule has 2 N–H and O–H groups in total. The van der Waals surface area contributed by atoms with E-state index in [1.165, 1.54) is 6.20 Å². The Morgan fingerprint density at radius 2 is 2.11 bits per heavy atom. The van der Waals surface area contributed by atoms with Crippen LogP contribution in [0.15, 0.2) is 36.8 Å². The first kappa shape index (κ1) is 22.9. The number of methoxy groups -OCH3 is 1. The molecule has 1 unspecified atom stereocenters. The van der Waals surface area contributed by atoms with Crippen LogP contribution in [0.25, 0.3) is 27.9 Å². The molecule has 1 amide bonds. The highest BCUT2D eigenvalue weighted by molar-refractivity contribution is 6.01. The van der Waals surface area contributed by atoms with Crippen LogP contribution in [-0.4, -0.2) is 87.6 Å². The largest absolute Gasteiger partial charge is 0.379 e. The van der Waals surface area contributed by atoms with Gasteiger partial charge in [0, 0.05) is 56.7 Å². The maximum atomic E-state index is 14.9. The van der Waals surface area contributed by atoms with E-state index in [1.807, 2.05) is 40.9 Å². The smallest absolute Gasteiger partial charge is 0.257 e. The molecule has 5 heterocycles. The van der Waals surface area contributed by atoms with Gasteiger partial charge in [-0.3, -0.25) is 4.79 Å². The number of halogens is 1. The predicted octanol–water partition coefficient (Wildman–Crippen LogP) is 2.52. The molecule has 4 atom stereocenters. The number of nitrogens with one attached hydrogen (secondary N) is 2. The quantitative estimate of drug-likeness (QED) is 0.427. The van der Waals surface area contributed by atoms with Crippen LogP contribution in [0.2, 0.25) is 0 Å². The van der Waals surface area contributed by atoms with Crippen molar-refractivity contribution in [3.8, 4) is 11.3 Å². The van der Waals surface area contributed by atoms with Gasteiger partial charge in [-0.05, 0) is 32.0 Å². The molecule has 0 spiro atoms. The maximum absolute atomic E-state index is 14.9. The Kier molecular flexibility index (Phi) is 5.60. The van der Waals surface area contributed by atoms with Crippen molar-refractivity contribution in [3.05, 3.63) is 42.4 Å². The molecule has 0 aromatic carbocycles. The molecule has 1 aliphatic carbocycles. The molecular weight excluding hydrogens is 463 g/mol. The number of likely N-dealkylation sites (tertiary alicyclic amines) is 1. The summed E-state index contributed by atoms with van der Waals surface area (Å²) in [6.45, 7) is 0.992. The minimum atomic E-state index is -0.990. The Morgan fingerprint density at radius 1 is 1.25 bits per heavy atom. The number of amides is 1. The second kappa shape index (κ2) is 8.82. The molecule has 11 heteroatoms. The van der Waals surface area contributed by atoms with Crippen LogP contribution in [0, 0.1) is 0 Å². The highest BCUT2D eigenvalue weighted by Gasteiger charge is 2.35. The minimum absolute atomic E-state index is 0.0216. The normalized spacial score (nSPS) is 24.3. The predicted molar refractivity (Wildman–Crippen MR) is 134 cm³/mol. The first-order valence-corrected chi connectivity index (χ1v) is 12.2. The first-order valence-electron chi connectivity index (χ1n) is 12.2. The third-order valence-corrected chi connectivity index (χ3v) is 7.43. The van der Waals surface area contributed by atoms with Gasteiger partial charge in [0.05, 0.1) is 30.1 Å². The highest BCUT2D eigenvalue weighted by Crippen LogP contribution is 2.35. The van der Waals surface area contributed by atoms with E-state index in [2.05, 4.69) is 20.7 Å². The van der Waals surface area contributed by atoms with Crippen molar-refractivity contribution in [1.82, 2.24) is 34.4 Å².